The van der Waals surface area contributed by atoms with E-state index in [4.69, 9.17) is 0 Å². The lowest BCUT2D eigenvalue weighted by molar-refractivity contribution is 0.589. The lowest BCUT2D eigenvalue weighted by Gasteiger charge is -2.07. The van der Waals surface area contributed by atoms with Gasteiger partial charge in [0.25, 0.3) is 0 Å². The SMILES string of the molecule is CS(=O)(=O)NCCNc1cc(Br)nc(C2CC2)n1. The van der Waals surface area contributed by atoms with Gasteiger partial charge in [0, 0.05) is 25.1 Å². The predicted molar refractivity (Wildman–Crippen MR) is 73.0 cm³/mol. The molecular formula is C10H15BrN4O2S. The minimum atomic E-state index is -3.13. The monoisotopic (exact) mass is 334 g/mol. The Labute approximate surface area is 115 Å². The summed E-state index contributed by atoms with van der Waals surface area (Å²) >= 11 is 3.35. The zero-order valence-electron chi connectivity index (χ0n) is 9.98. The van der Waals surface area contributed by atoms with Crippen LogP contribution in [0.5, 0.6) is 0 Å². The molecule has 1 saturated carbocycles. The highest BCUT2D eigenvalue weighted by atomic mass is 79.9. The van der Waals surface area contributed by atoms with Crippen molar-refractivity contribution in [2.75, 3.05) is 24.7 Å². The molecule has 1 heterocycles. The molecule has 0 saturated heterocycles. The van der Waals surface area contributed by atoms with Gasteiger partial charge in [0.15, 0.2) is 0 Å². The number of sulfonamides is 1. The molecule has 1 aliphatic carbocycles. The van der Waals surface area contributed by atoms with Crippen molar-refractivity contribution in [2.45, 2.75) is 18.8 Å². The fourth-order valence-electron chi connectivity index (χ4n) is 1.48. The van der Waals surface area contributed by atoms with Gasteiger partial charge in [-0.1, -0.05) is 0 Å². The summed E-state index contributed by atoms with van der Waals surface area (Å²) in [5.41, 5.74) is 0. The van der Waals surface area contributed by atoms with Crippen molar-refractivity contribution in [3.8, 4) is 0 Å². The zero-order valence-corrected chi connectivity index (χ0v) is 12.4. The summed E-state index contributed by atoms with van der Waals surface area (Å²) in [7, 11) is -3.13. The van der Waals surface area contributed by atoms with Crippen molar-refractivity contribution in [2.24, 2.45) is 0 Å². The van der Waals surface area contributed by atoms with Crippen molar-refractivity contribution in [3.63, 3.8) is 0 Å². The van der Waals surface area contributed by atoms with Gasteiger partial charge in [-0.05, 0) is 28.8 Å². The second-order valence-corrected chi connectivity index (χ2v) is 6.95. The summed E-state index contributed by atoms with van der Waals surface area (Å²) in [5, 5.41) is 3.07. The summed E-state index contributed by atoms with van der Waals surface area (Å²) in [6.45, 7) is 0.819. The summed E-state index contributed by atoms with van der Waals surface area (Å²) in [6.07, 6.45) is 3.43. The Kier molecular flexibility index (Phi) is 4.18. The second-order valence-electron chi connectivity index (χ2n) is 4.30. The summed E-state index contributed by atoms with van der Waals surface area (Å²) in [4.78, 5) is 8.72. The number of nitrogens with zero attached hydrogens (tertiary/aromatic N) is 2. The molecule has 0 amide bonds. The van der Waals surface area contributed by atoms with Crippen LogP contribution in [0.2, 0.25) is 0 Å². The van der Waals surface area contributed by atoms with Gasteiger partial charge in [-0.3, -0.25) is 0 Å². The molecule has 0 atom stereocenters. The smallest absolute Gasteiger partial charge is 0.208 e. The highest BCUT2D eigenvalue weighted by molar-refractivity contribution is 9.10. The molecule has 100 valence electrons. The first-order chi connectivity index (χ1) is 8.44. The van der Waals surface area contributed by atoms with E-state index in [9.17, 15) is 8.42 Å². The molecule has 0 unspecified atom stereocenters. The van der Waals surface area contributed by atoms with E-state index in [2.05, 4.69) is 35.9 Å². The van der Waals surface area contributed by atoms with Crippen molar-refractivity contribution in [3.05, 3.63) is 16.5 Å². The third-order valence-corrected chi connectivity index (χ3v) is 3.58. The highest BCUT2D eigenvalue weighted by Crippen LogP contribution is 2.38. The molecule has 6 nitrogen and oxygen atoms in total. The van der Waals surface area contributed by atoms with Gasteiger partial charge in [-0.15, -0.1) is 0 Å². The maximum Gasteiger partial charge on any atom is 0.208 e. The van der Waals surface area contributed by atoms with Crippen molar-refractivity contribution < 1.29 is 8.42 Å². The molecule has 18 heavy (non-hydrogen) atoms. The quantitative estimate of drug-likeness (QED) is 0.600. The highest BCUT2D eigenvalue weighted by Gasteiger charge is 2.27. The maximum atomic E-state index is 10.9. The number of hydrogen-bond donors (Lipinski definition) is 2. The Morgan fingerprint density at radius 2 is 2.11 bits per heavy atom. The van der Waals surface area contributed by atoms with E-state index < -0.39 is 10.0 Å². The van der Waals surface area contributed by atoms with Crippen LogP contribution in [0.4, 0.5) is 5.82 Å². The van der Waals surface area contributed by atoms with E-state index >= 15 is 0 Å². The fourth-order valence-corrected chi connectivity index (χ4v) is 2.35. The number of halogens is 1. The van der Waals surface area contributed by atoms with Crippen LogP contribution in [0.1, 0.15) is 24.6 Å². The van der Waals surface area contributed by atoms with E-state index in [0.29, 0.717) is 24.8 Å². The first-order valence-electron chi connectivity index (χ1n) is 5.67. The zero-order chi connectivity index (χ0) is 13.2. The molecule has 0 radical (unpaired) electrons. The minimum absolute atomic E-state index is 0.333. The molecule has 0 spiro atoms. The first kappa shape index (κ1) is 13.7. The fraction of sp³-hybridized carbons (Fsp3) is 0.600. The number of anilines is 1. The van der Waals surface area contributed by atoms with Crippen LogP contribution < -0.4 is 10.0 Å². The average molecular weight is 335 g/mol. The third kappa shape index (κ3) is 4.51. The van der Waals surface area contributed by atoms with Crippen LogP contribution in [0, 0.1) is 0 Å². The molecule has 8 heteroatoms. The van der Waals surface area contributed by atoms with Crippen LogP contribution in [-0.4, -0.2) is 37.7 Å². The number of rotatable bonds is 6. The molecule has 2 N–H and O–H groups in total. The molecule has 2 rings (SSSR count). The van der Waals surface area contributed by atoms with Crippen molar-refractivity contribution >= 4 is 31.8 Å². The number of aromatic nitrogens is 2. The molecule has 1 aromatic heterocycles. The topological polar surface area (TPSA) is 84.0 Å². The predicted octanol–water partition coefficient (Wildman–Crippen LogP) is 1.08. The van der Waals surface area contributed by atoms with E-state index in [1.54, 1.807) is 6.07 Å². The maximum absolute atomic E-state index is 10.9. The van der Waals surface area contributed by atoms with Gasteiger partial charge in [0.1, 0.15) is 16.2 Å². The largest absolute Gasteiger partial charge is 0.369 e. The molecule has 0 aromatic carbocycles. The van der Waals surface area contributed by atoms with Crippen LogP contribution in [0.25, 0.3) is 0 Å². The van der Waals surface area contributed by atoms with Gasteiger partial charge >= 0.3 is 0 Å². The molecule has 0 bridgehead atoms. The van der Waals surface area contributed by atoms with Crippen LogP contribution in [-0.2, 0) is 10.0 Å². The normalized spacial score (nSPS) is 15.7. The van der Waals surface area contributed by atoms with Gasteiger partial charge in [-0.2, -0.15) is 0 Å². The Hall–Kier alpha value is -0.730. The van der Waals surface area contributed by atoms with Gasteiger partial charge in [-0.25, -0.2) is 23.1 Å². The summed E-state index contributed by atoms with van der Waals surface area (Å²) < 4.78 is 24.9. The lowest BCUT2D eigenvalue weighted by atomic mass is 10.4. The molecule has 1 fully saturated rings. The van der Waals surface area contributed by atoms with E-state index in [1.807, 2.05) is 0 Å². The molecule has 1 aliphatic rings. The van der Waals surface area contributed by atoms with Crippen molar-refractivity contribution in [1.29, 1.82) is 0 Å². The number of nitrogens with one attached hydrogen (secondary N) is 2. The summed E-state index contributed by atoms with van der Waals surface area (Å²) in [6, 6.07) is 1.78. The van der Waals surface area contributed by atoms with Gasteiger partial charge in [0.2, 0.25) is 10.0 Å². The van der Waals surface area contributed by atoms with Crippen LogP contribution in [0.3, 0.4) is 0 Å². The lowest BCUT2D eigenvalue weighted by Crippen LogP contribution is -2.27. The van der Waals surface area contributed by atoms with Crippen molar-refractivity contribution in [1.82, 2.24) is 14.7 Å². The van der Waals surface area contributed by atoms with Crippen LogP contribution >= 0.6 is 15.9 Å². The standard InChI is InChI=1S/C10H15BrN4O2S/c1-18(16,17)13-5-4-12-9-6-8(11)14-10(15-9)7-2-3-7/h6-7,13H,2-5H2,1H3,(H,12,14,15). The van der Waals surface area contributed by atoms with Gasteiger partial charge in [0.05, 0.1) is 6.26 Å². The van der Waals surface area contributed by atoms with E-state index in [1.165, 1.54) is 0 Å². The Morgan fingerprint density at radius 3 is 2.72 bits per heavy atom. The van der Waals surface area contributed by atoms with Gasteiger partial charge < -0.3 is 5.32 Å². The average Bonchev–Trinajstić information content (AvgIpc) is 3.06. The number of hydrogen-bond acceptors (Lipinski definition) is 5. The first-order valence-corrected chi connectivity index (χ1v) is 8.35. The summed E-state index contributed by atoms with van der Waals surface area (Å²) in [5.74, 6) is 2.05. The Morgan fingerprint density at radius 1 is 1.39 bits per heavy atom. The Balaban J connectivity index is 1.89. The molecule has 0 aliphatic heterocycles. The minimum Gasteiger partial charge on any atom is -0.369 e. The second kappa shape index (κ2) is 5.50. The van der Waals surface area contributed by atoms with E-state index in [0.717, 1.165) is 29.5 Å². The van der Waals surface area contributed by atoms with E-state index in [-0.39, 0.29) is 0 Å². The molecule has 1 aromatic rings. The van der Waals surface area contributed by atoms with Crippen LogP contribution in [0.15, 0.2) is 10.7 Å². The third-order valence-electron chi connectivity index (χ3n) is 2.45. The molecular weight excluding hydrogens is 320 g/mol. The Bertz CT molecular complexity index is 531.